The topological polar surface area (TPSA) is 41.6 Å². The summed E-state index contributed by atoms with van der Waals surface area (Å²) in [5, 5.41) is 2.85. The molecule has 1 aromatic rings. The van der Waals surface area contributed by atoms with Crippen molar-refractivity contribution in [2.45, 2.75) is 13.8 Å². The van der Waals surface area contributed by atoms with E-state index in [-0.39, 0.29) is 5.91 Å². The lowest BCUT2D eigenvalue weighted by atomic mass is 10.3. The molecule has 0 aliphatic carbocycles. The molecular weight excluding hydrogens is 240 g/mol. The number of amides is 1. The highest BCUT2D eigenvalue weighted by Crippen LogP contribution is 2.16. The van der Waals surface area contributed by atoms with Gasteiger partial charge in [0, 0.05) is 18.3 Å². The molecule has 0 spiro atoms. The van der Waals surface area contributed by atoms with Crippen LogP contribution in [0.4, 0.5) is 5.69 Å². The lowest BCUT2D eigenvalue weighted by Crippen LogP contribution is -2.30. The molecule has 0 aliphatic heterocycles. The standard InChI is InChI=1S/C15H22N2O2/c1-12(2)8-9-17(3)11-15(18)16-13-6-5-7-14(10-13)19-4/h5-8,10H,9,11H2,1-4H3,(H,16,18). The molecule has 0 aromatic heterocycles. The molecule has 0 radical (unpaired) electrons. The van der Waals surface area contributed by atoms with Crippen LogP contribution in [0.2, 0.25) is 0 Å². The predicted molar refractivity (Wildman–Crippen MR) is 78.6 cm³/mol. The molecule has 0 saturated carbocycles. The van der Waals surface area contributed by atoms with Gasteiger partial charge in [0.25, 0.3) is 0 Å². The zero-order chi connectivity index (χ0) is 14.3. The first kappa shape index (κ1) is 15.2. The van der Waals surface area contributed by atoms with E-state index in [0.717, 1.165) is 18.0 Å². The van der Waals surface area contributed by atoms with E-state index in [1.165, 1.54) is 5.57 Å². The van der Waals surface area contributed by atoms with Crippen molar-refractivity contribution in [1.82, 2.24) is 4.90 Å². The van der Waals surface area contributed by atoms with Crippen LogP contribution in [0.25, 0.3) is 0 Å². The Kier molecular flexibility index (Phi) is 6.09. The Labute approximate surface area is 115 Å². The first-order chi connectivity index (χ1) is 9.01. The highest BCUT2D eigenvalue weighted by atomic mass is 16.5. The lowest BCUT2D eigenvalue weighted by molar-refractivity contribution is -0.116. The van der Waals surface area contributed by atoms with Crippen molar-refractivity contribution in [2.24, 2.45) is 0 Å². The van der Waals surface area contributed by atoms with Gasteiger partial charge in [0.15, 0.2) is 0 Å². The van der Waals surface area contributed by atoms with Gasteiger partial charge in [-0.1, -0.05) is 17.7 Å². The minimum atomic E-state index is -0.0297. The summed E-state index contributed by atoms with van der Waals surface area (Å²) in [5.41, 5.74) is 2.00. The number of nitrogens with zero attached hydrogens (tertiary/aromatic N) is 1. The van der Waals surface area contributed by atoms with Crippen LogP contribution in [-0.2, 0) is 4.79 Å². The molecule has 0 heterocycles. The summed E-state index contributed by atoms with van der Waals surface area (Å²) >= 11 is 0. The summed E-state index contributed by atoms with van der Waals surface area (Å²) in [6.45, 7) is 5.23. The van der Waals surface area contributed by atoms with Crippen molar-refractivity contribution in [3.05, 3.63) is 35.9 Å². The SMILES string of the molecule is COc1cccc(NC(=O)CN(C)CC=C(C)C)c1. The predicted octanol–water partition coefficient (Wildman–Crippen LogP) is 2.53. The van der Waals surface area contributed by atoms with Gasteiger partial charge < -0.3 is 10.1 Å². The molecule has 0 atom stereocenters. The van der Waals surface area contributed by atoms with Crippen LogP contribution in [0, 0.1) is 0 Å². The van der Waals surface area contributed by atoms with Gasteiger partial charge >= 0.3 is 0 Å². The number of benzene rings is 1. The van der Waals surface area contributed by atoms with Crippen molar-refractivity contribution in [1.29, 1.82) is 0 Å². The van der Waals surface area contributed by atoms with Crippen molar-refractivity contribution in [2.75, 3.05) is 32.6 Å². The molecule has 0 saturated heterocycles. The average Bonchev–Trinajstić information content (AvgIpc) is 2.36. The second-order valence-corrected chi connectivity index (χ2v) is 4.76. The summed E-state index contributed by atoms with van der Waals surface area (Å²) in [7, 11) is 3.53. The third-order valence-electron chi connectivity index (χ3n) is 2.58. The van der Waals surface area contributed by atoms with Gasteiger partial charge in [-0.2, -0.15) is 0 Å². The van der Waals surface area contributed by atoms with Crippen molar-refractivity contribution in [3.63, 3.8) is 0 Å². The molecular formula is C15H22N2O2. The number of nitrogens with one attached hydrogen (secondary N) is 1. The summed E-state index contributed by atoms with van der Waals surface area (Å²) < 4.78 is 5.11. The van der Waals surface area contributed by atoms with E-state index < -0.39 is 0 Å². The molecule has 0 unspecified atom stereocenters. The van der Waals surface area contributed by atoms with E-state index in [2.05, 4.69) is 11.4 Å². The highest BCUT2D eigenvalue weighted by Gasteiger charge is 2.06. The van der Waals surface area contributed by atoms with Crippen LogP contribution in [-0.4, -0.2) is 38.1 Å². The number of carbonyl (C=O) groups is 1. The fraction of sp³-hybridized carbons (Fsp3) is 0.400. The molecule has 19 heavy (non-hydrogen) atoms. The largest absolute Gasteiger partial charge is 0.497 e. The number of ether oxygens (including phenoxy) is 1. The molecule has 1 amide bonds. The van der Waals surface area contributed by atoms with Gasteiger partial charge in [0.05, 0.1) is 13.7 Å². The Balaban J connectivity index is 2.48. The van der Waals surface area contributed by atoms with Crippen LogP contribution in [0.15, 0.2) is 35.9 Å². The molecule has 0 aliphatic rings. The van der Waals surface area contributed by atoms with E-state index in [4.69, 9.17) is 4.74 Å². The van der Waals surface area contributed by atoms with Crippen molar-refractivity contribution >= 4 is 11.6 Å². The number of carbonyl (C=O) groups excluding carboxylic acids is 1. The number of rotatable bonds is 6. The number of anilines is 1. The Morgan fingerprint density at radius 2 is 2.16 bits per heavy atom. The maximum absolute atomic E-state index is 11.9. The van der Waals surface area contributed by atoms with Gasteiger partial charge in [-0.05, 0) is 33.0 Å². The zero-order valence-corrected chi connectivity index (χ0v) is 12.1. The van der Waals surface area contributed by atoms with Gasteiger partial charge in [-0.3, -0.25) is 9.69 Å². The van der Waals surface area contributed by atoms with Crippen molar-refractivity contribution < 1.29 is 9.53 Å². The molecule has 1 N–H and O–H groups in total. The van der Waals surface area contributed by atoms with Crippen LogP contribution < -0.4 is 10.1 Å². The average molecular weight is 262 g/mol. The molecule has 4 nitrogen and oxygen atoms in total. The summed E-state index contributed by atoms with van der Waals surface area (Å²) in [6.07, 6.45) is 2.10. The van der Waals surface area contributed by atoms with E-state index in [1.54, 1.807) is 13.2 Å². The minimum Gasteiger partial charge on any atom is -0.497 e. The number of methoxy groups -OCH3 is 1. The first-order valence-electron chi connectivity index (χ1n) is 6.27. The van der Waals surface area contributed by atoms with Gasteiger partial charge in [0.2, 0.25) is 5.91 Å². The molecule has 0 bridgehead atoms. The van der Waals surface area contributed by atoms with Gasteiger partial charge in [0.1, 0.15) is 5.75 Å². The second kappa shape index (κ2) is 7.59. The third kappa shape index (κ3) is 6.06. The minimum absolute atomic E-state index is 0.0297. The van der Waals surface area contributed by atoms with Gasteiger partial charge in [-0.25, -0.2) is 0 Å². The Hall–Kier alpha value is -1.81. The monoisotopic (exact) mass is 262 g/mol. The summed E-state index contributed by atoms with van der Waals surface area (Å²) in [6, 6.07) is 7.34. The number of likely N-dealkylation sites (N-methyl/N-ethyl adjacent to an activating group) is 1. The molecule has 4 heteroatoms. The van der Waals surface area contributed by atoms with Gasteiger partial charge in [-0.15, -0.1) is 0 Å². The quantitative estimate of drug-likeness (QED) is 0.801. The molecule has 104 valence electrons. The van der Waals surface area contributed by atoms with Crippen LogP contribution in [0.1, 0.15) is 13.8 Å². The Morgan fingerprint density at radius 1 is 1.42 bits per heavy atom. The van der Waals surface area contributed by atoms with E-state index in [9.17, 15) is 4.79 Å². The Morgan fingerprint density at radius 3 is 2.79 bits per heavy atom. The molecule has 1 aromatic carbocycles. The first-order valence-corrected chi connectivity index (χ1v) is 6.27. The third-order valence-corrected chi connectivity index (χ3v) is 2.58. The Bertz CT molecular complexity index is 451. The molecule has 0 fully saturated rings. The lowest BCUT2D eigenvalue weighted by Gasteiger charge is -2.14. The van der Waals surface area contributed by atoms with E-state index in [1.807, 2.05) is 44.0 Å². The normalized spacial score (nSPS) is 10.2. The fourth-order valence-corrected chi connectivity index (χ4v) is 1.55. The second-order valence-electron chi connectivity index (χ2n) is 4.76. The number of hydrogen-bond donors (Lipinski definition) is 1. The van der Waals surface area contributed by atoms with Crippen LogP contribution in [0.3, 0.4) is 0 Å². The van der Waals surface area contributed by atoms with Crippen LogP contribution >= 0.6 is 0 Å². The van der Waals surface area contributed by atoms with Crippen molar-refractivity contribution in [3.8, 4) is 5.75 Å². The number of allylic oxidation sites excluding steroid dienone is 1. The maximum atomic E-state index is 11.9. The molecule has 1 rings (SSSR count). The summed E-state index contributed by atoms with van der Waals surface area (Å²) in [4.78, 5) is 13.8. The smallest absolute Gasteiger partial charge is 0.238 e. The van der Waals surface area contributed by atoms with E-state index in [0.29, 0.717) is 6.54 Å². The highest BCUT2D eigenvalue weighted by molar-refractivity contribution is 5.92. The maximum Gasteiger partial charge on any atom is 0.238 e. The zero-order valence-electron chi connectivity index (χ0n) is 12.1. The van der Waals surface area contributed by atoms with Crippen LogP contribution in [0.5, 0.6) is 5.75 Å². The van der Waals surface area contributed by atoms with E-state index >= 15 is 0 Å². The number of hydrogen-bond acceptors (Lipinski definition) is 3. The fourth-order valence-electron chi connectivity index (χ4n) is 1.55. The summed E-state index contributed by atoms with van der Waals surface area (Å²) in [5.74, 6) is 0.702.